The fourth-order valence-corrected chi connectivity index (χ4v) is 3.63. The summed E-state index contributed by atoms with van der Waals surface area (Å²) in [7, 11) is 0. The number of aliphatic carboxylic acids is 1. The van der Waals surface area contributed by atoms with Crippen LogP contribution in [-0.4, -0.2) is 39.3 Å². The highest BCUT2D eigenvalue weighted by atomic mass is 16.5. The number of ether oxygens (including phenoxy) is 2. The summed E-state index contributed by atoms with van der Waals surface area (Å²) >= 11 is 0. The molecule has 0 atom stereocenters. The molecule has 8 nitrogen and oxygen atoms in total. The Morgan fingerprint density at radius 2 is 1.54 bits per heavy atom. The minimum absolute atomic E-state index is 0.238. The van der Waals surface area contributed by atoms with Gasteiger partial charge < -0.3 is 24.1 Å². The van der Waals surface area contributed by atoms with Gasteiger partial charge in [0.25, 0.3) is 0 Å². The molecule has 0 saturated carbocycles. The first-order valence-corrected chi connectivity index (χ1v) is 11.7. The van der Waals surface area contributed by atoms with Crippen molar-refractivity contribution < 1.29 is 33.7 Å². The summed E-state index contributed by atoms with van der Waals surface area (Å²) in [4.78, 5) is 27.0. The maximum absolute atomic E-state index is 11.2. The highest BCUT2D eigenvalue weighted by molar-refractivity contribution is 5.88. The van der Waals surface area contributed by atoms with Gasteiger partial charge in [-0.05, 0) is 80.4 Å². The van der Waals surface area contributed by atoms with Gasteiger partial charge in [0.1, 0.15) is 17.3 Å². The highest BCUT2D eigenvalue weighted by Crippen LogP contribution is 2.28. The molecular formula is C29H27NO7. The van der Waals surface area contributed by atoms with Crippen molar-refractivity contribution in [2.75, 3.05) is 6.61 Å². The molecule has 0 aliphatic carbocycles. The monoisotopic (exact) mass is 501 g/mol. The molecule has 1 heterocycles. The number of aryl methyl sites for hydroxylation is 1. The average molecular weight is 502 g/mol. The van der Waals surface area contributed by atoms with Crippen LogP contribution in [0.5, 0.6) is 11.5 Å². The van der Waals surface area contributed by atoms with E-state index in [1.807, 2.05) is 31.2 Å². The standard InChI is InChI=1S/C29H27NO7/c1-18-25(15-16-35-23-11-13-24(14-12-23)37-29(2,3)28(33)34)30-26(36-18)22-6-4-5-21(17-22)19-7-9-20(10-8-19)27(31)32/h4-14,17H,15-16H2,1-3H3,(H,31,32)(H,33,34). The minimum atomic E-state index is -1.32. The van der Waals surface area contributed by atoms with E-state index in [1.165, 1.54) is 13.8 Å². The van der Waals surface area contributed by atoms with Crippen LogP contribution in [0, 0.1) is 6.92 Å². The molecule has 0 amide bonds. The molecule has 0 aliphatic rings. The highest BCUT2D eigenvalue weighted by Gasteiger charge is 2.29. The zero-order chi connectivity index (χ0) is 26.6. The number of hydrogen-bond donors (Lipinski definition) is 2. The molecule has 0 aliphatic heterocycles. The molecule has 0 fully saturated rings. The summed E-state index contributed by atoms with van der Waals surface area (Å²) in [6.07, 6.45) is 0.538. The summed E-state index contributed by atoms with van der Waals surface area (Å²) in [6.45, 7) is 5.21. The van der Waals surface area contributed by atoms with Crippen molar-refractivity contribution in [1.29, 1.82) is 0 Å². The van der Waals surface area contributed by atoms with Crippen LogP contribution >= 0.6 is 0 Å². The van der Waals surface area contributed by atoms with E-state index in [9.17, 15) is 14.7 Å². The second-order valence-corrected chi connectivity index (χ2v) is 8.97. The van der Waals surface area contributed by atoms with Crippen LogP contribution in [0.3, 0.4) is 0 Å². The Kier molecular flexibility index (Phi) is 7.29. The third-order valence-electron chi connectivity index (χ3n) is 5.79. The summed E-state index contributed by atoms with van der Waals surface area (Å²) in [5, 5.41) is 18.3. The molecular weight excluding hydrogens is 474 g/mol. The zero-order valence-corrected chi connectivity index (χ0v) is 20.7. The van der Waals surface area contributed by atoms with Crippen molar-refractivity contribution in [2.24, 2.45) is 0 Å². The maximum atomic E-state index is 11.2. The summed E-state index contributed by atoms with van der Waals surface area (Å²) in [6, 6.07) is 21.2. The van der Waals surface area contributed by atoms with Crippen LogP contribution in [0.25, 0.3) is 22.6 Å². The van der Waals surface area contributed by atoms with Crippen LogP contribution in [-0.2, 0) is 11.2 Å². The molecule has 0 spiro atoms. The summed E-state index contributed by atoms with van der Waals surface area (Å²) < 4.78 is 17.2. The van der Waals surface area contributed by atoms with E-state index in [0.717, 1.165) is 22.4 Å². The first-order valence-electron chi connectivity index (χ1n) is 11.7. The third kappa shape index (κ3) is 6.16. The Morgan fingerprint density at radius 3 is 2.19 bits per heavy atom. The summed E-state index contributed by atoms with van der Waals surface area (Å²) in [5.41, 5.74) is 2.33. The second-order valence-electron chi connectivity index (χ2n) is 8.97. The largest absolute Gasteiger partial charge is 0.493 e. The van der Waals surface area contributed by atoms with Gasteiger partial charge in [0.15, 0.2) is 5.60 Å². The molecule has 8 heteroatoms. The number of carbonyl (C=O) groups is 2. The third-order valence-corrected chi connectivity index (χ3v) is 5.79. The van der Waals surface area contributed by atoms with Gasteiger partial charge in [-0.15, -0.1) is 0 Å². The van der Waals surface area contributed by atoms with E-state index in [1.54, 1.807) is 48.5 Å². The predicted molar refractivity (Wildman–Crippen MR) is 137 cm³/mol. The van der Waals surface area contributed by atoms with Gasteiger partial charge in [-0.2, -0.15) is 0 Å². The van der Waals surface area contributed by atoms with Gasteiger partial charge in [0, 0.05) is 12.0 Å². The number of benzene rings is 3. The zero-order valence-electron chi connectivity index (χ0n) is 20.7. The Labute approximate surface area is 214 Å². The Balaban J connectivity index is 1.39. The Morgan fingerprint density at radius 1 is 0.892 bits per heavy atom. The van der Waals surface area contributed by atoms with Crippen molar-refractivity contribution in [2.45, 2.75) is 32.8 Å². The van der Waals surface area contributed by atoms with Crippen molar-refractivity contribution >= 4 is 11.9 Å². The first kappa shape index (κ1) is 25.5. The van der Waals surface area contributed by atoms with Crippen LogP contribution < -0.4 is 9.47 Å². The first-order chi connectivity index (χ1) is 17.6. The van der Waals surface area contributed by atoms with Gasteiger partial charge in [-0.3, -0.25) is 0 Å². The van der Waals surface area contributed by atoms with E-state index in [0.29, 0.717) is 36.2 Å². The molecule has 0 bridgehead atoms. The lowest BCUT2D eigenvalue weighted by molar-refractivity contribution is -0.152. The van der Waals surface area contributed by atoms with Crippen LogP contribution in [0.4, 0.5) is 0 Å². The van der Waals surface area contributed by atoms with Gasteiger partial charge >= 0.3 is 11.9 Å². The maximum Gasteiger partial charge on any atom is 0.347 e. The molecule has 190 valence electrons. The Bertz CT molecular complexity index is 1400. The van der Waals surface area contributed by atoms with Gasteiger partial charge in [0.05, 0.1) is 17.9 Å². The number of oxazole rings is 1. The van der Waals surface area contributed by atoms with Crippen molar-refractivity contribution in [1.82, 2.24) is 4.98 Å². The molecule has 0 radical (unpaired) electrons. The number of aromatic nitrogens is 1. The number of nitrogens with zero attached hydrogens (tertiary/aromatic N) is 1. The lowest BCUT2D eigenvalue weighted by atomic mass is 10.0. The average Bonchev–Trinajstić information content (AvgIpc) is 3.25. The molecule has 0 saturated heterocycles. The fourth-order valence-electron chi connectivity index (χ4n) is 3.63. The van der Waals surface area contributed by atoms with Gasteiger partial charge in [0.2, 0.25) is 5.89 Å². The summed E-state index contributed by atoms with van der Waals surface area (Å²) in [5.74, 6) is 0.267. The number of aromatic carboxylic acids is 1. The molecule has 4 aromatic rings. The van der Waals surface area contributed by atoms with E-state index in [2.05, 4.69) is 4.98 Å². The SMILES string of the molecule is Cc1oc(-c2cccc(-c3ccc(C(=O)O)cc3)c2)nc1CCOc1ccc(OC(C)(C)C(=O)O)cc1. The molecule has 0 unspecified atom stereocenters. The van der Waals surface area contributed by atoms with Gasteiger partial charge in [-0.25, -0.2) is 14.6 Å². The molecule has 3 aromatic carbocycles. The predicted octanol–water partition coefficient (Wildman–Crippen LogP) is 5.88. The van der Waals surface area contributed by atoms with Crippen LogP contribution in [0.15, 0.2) is 77.2 Å². The van der Waals surface area contributed by atoms with Crippen LogP contribution in [0.1, 0.15) is 35.7 Å². The van der Waals surface area contributed by atoms with E-state index < -0.39 is 17.5 Å². The molecule has 37 heavy (non-hydrogen) atoms. The number of rotatable bonds is 10. The van der Waals surface area contributed by atoms with Crippen molar-refractivity contribution in [3.8, 4) is 34.1 Å². The lowest BCUT2D eigenvalue weighted by Gasteiger charge is -2.21. The molecule has 1 aromatic heterocycles. The number of hydrogen-bond acceptors (Lipinski definition) is 6. The van der Waals surface area contributed by atoms with Crippen LogP contribution in [0.2, 0.25) is 0 Å². The van der Waals surface area contributed by atoms with Crippen molar-refractivity contribution in [3.05, 3.63) is 89.8 Å². The van der Waals surface area contributed by atoms with Crippen molar-refractivity contribution in [3.63, 3.8) is 0 Å². The fraction of sp³-hybridized carbons (Fsp3) is 0.207. The number of carboxylic acids is 2. The molecule has 2 N–H and O–H groups in total. The lowest BCUT2D eigenvalue weighted by Crippen LogP contribution is -2.37. The number of carboxylic acid groups (broad SMARTS) is 2. The quantitative estimate of drug-likeness (QED) is 0.277. The topological polar surface area (TPSA) is 119 Å². The second kappa shape index (κ2) is 10.6. The minimum Gasteiger partial charge on any atom is -0.493 e. The van der Waals surface area contributed by atoms with E-state index in [-0.39, 0.29) is 5.56 Å². The van der Waals surface area contributed by atoms with E-state index >= 15 is 0 Å². The molecule has 4 rings (SSSR count). The smallest absolute Gasteiger partial charge is 0.347 e. The van der Waals surface area contributed by atoms with E-state index in [4.69, 9.17) is 19.0 Å². The van der Waals surface area contributed by atoms with Gasteiger partial charge in [-0.1, -0.05) is 24.3 Å². The Hall–Kier alpha value is -4.59. The normalized spacial score (nSPS) is 11.2.